The Morgan fingerprint density at radius 1 is 1.00 bits per heavy atom. The fraction of sp³-hybridized carbons (Fsp3) is 0.314. The molecule has 0 saturated heterocycles. The van der Waals surface area contributed by atoms with Gasteiger partial charge in [0.2, 0.25) is 0 Å². The fourth-order valence-corrected chi connectivity index (χ4v) is 6.55. The van der Waals surface area contributed by atoms with Gasteiger partial charge >= 0.3 is 5.97 Å². The Bertz CT molecular complexity index is 1510. The maximum Gasteiger partial charge on any atom is 0.307 e. The smallest absolute Gasteiger partial charge is 0.307 e. The molecule has 2 atom stereocenters. The minimum Gasteiger partial charge on any atom is -0.481 e. The summed E-state index contributed by atoms with van der Waals surface area (Å²) in [6, 6.07) is 26.5. The zero-order valence-corrected chi connectivity index (χ0v) is 25.5. The highest BCUT2D eigenvalue weighted by atomic mass is 35.5. The summed E-state index contributed by atoms with van der Waals surface area (Å²) in [6.45, 7) is 5.60. The summed E-state index contributed by atoms with van der Waals surface area (Å²) in [4.78, 5) is 16.5. The van der Waals surface area contributed by atoms with E-state index in [1.807, 2.05) is 69.3 Å². The minimum absolute atomic E-state index is 0.132. The van der Waals surface area contributed by atoms with Crippen LogP contribution in [0.25, 0.3) is 23.1 Å². The average Bonchev–Trinajstić information content (AvgIpc) is 2.93. The first-order valence-electron chi connectivity index (χ1n) is 14.1. The van der Waals surface area contributed by atoms with Gasteiger partial charge < -0.3 is 10.2 Å². The molecule has 4 nitrogen and oxygen atoms in total. The van der Waals surface area contributed by atoms with E-state index in [2.05, 4.69) is 42.5 Å². The predicted octanol–water partition coefficient (Wildman–Crippen LogP) is 8.89. The summed E-state index contributed by atoms with van der Waals surface area (Å²) < 4.78 is 0. The second-order valence-electron chi connectivity index (χ2n) is 11.1. The van der Waals surface area contributed by atoms with Crippen LogP contribution >= 0.6 is 23.4 Å². The third kappa shape index (κ3) is 9.19. The molecule has 1 heterocycles. The Morgan fingerprint density at radius 2 is 1.76 bits per heavy atom. The van der Waals surface area contributed by atoms with Crippen LogP contribution in [0.5, 0.6) is 0 Å². The van der Waals surface area contributed by atoms with Crippen molar-refractivity contribution in [1.29, 1.82) is 0 Å². The molecule has 0 spiro atoms. The van der Waals surface area contributed by atoms with E-state index in [0.29, 0.717) is 23.6 Å². The molecule has 1 aromatic heterocycles. The van der Waals surface area contributed by atoms with E-state index >= 15 is 0 Å². The van der Waals surface area contributed by atoms with Crippen molar-refractivity contribution in [3.05, 3.63) is 112 Å². The zero-order valence-electron chi connectivity index (χ0n) is 23.9. The van der Waals surface area contributed by atoms with E-state index < -0.39 is 11.6 Å². The number of aliphatic carboxylic acids is 1. The fourth-order valence-electron chi connectivity index (χ4n) is 4.91. The number of benzene rings is 3. The van der Waals surface area contributed by atoms with E-state index in [4.69, 9.17) is 16.6 Å². The van der Waals surface area contributed by atoms with E-state index in [1.54, 1.807) is 11.8 Å². The highest BCUT2D eigenvalue weighted by molar-refractivity contribution is 7.99. The molecule has 0 saturated carbocycles. The minimum atomic E-state index is -0.785. The quantitative estimate of drug-likeness (QED) is 0.163. The van der Waals surface area contributed by atoms with Crippen LogP contribution in [-0.2, 0) is 17.6 Å². The van der Waals surface area contributed by atoms with Crippen LogP contribution in [0, 0.1) is 5.92 Å². The van der Waals surface area contributed by atoms with Crippen LogP contribution < -0.4 is 0 Å². The third-order valence-corrected chi connectivity index (χ3v) is 8.90. The number of pyridine rings is 1. The Hall–Kier alpha value is -3.12. The molecule has 0 aliphatic heterocycles. The molecule has 214 valence electrons. The molecule has 0 bridgehead atoms. The maximum absolute atomic E-state index is 11.8. The molecule has 0 aliphatic rings. The van der Waals surface area contributed by atoms with Crippen LogP contribution in [-0.4, -0.2) is 32.5 Å². The zero-order chi connectivity index (χ0) is 29.4. The van der Waals surface area contributed by atoms with Crippen molar-refractivity contribution in [2.24, 2.45) is 5.92 Å². The van der Waals surface area contributed by atoms with Crippen molar-refractivity contribution < 1.29 is 15.0 Å². The molecule has 4 rings (SSSR count). The normalized spacial score (nSPS) is 13.5. The van der Waals surface area contributed by atoms with Gasteiger partial charge in [-0.2, -0.15) is 11.8 Å². The number of rotatable bonds is 13. The number of aromatic nitrogens is 1. The van der Waals surface area contributed by atoms with Crippen molar-refractivity contribution in [2.45, 2.75) is 57.3 Å². The Labute approximate surface area is 252 Å². The van der Waals surface area contributed by atoms with Crippen molar-refractivity contribution in [1.82, 2.24) is 4.98 Å². The third-order valence-electron chi connectivity index (χ3n) is 7.16. The standard InChI is InChI=1S/C35H38ClNO3S/c1-4-25(34(38)39)23-41-33(19-15-26-9-5-6-10-29(26)22-35(2,3)40)28-11-7-8-24(20-28)12-17-31-18-14-27-13-16-30(36)21-32(27)37-31/h5-14,16-18,20-21,25,33,40H,4,15,19,22-23H2,1-3H3,(H,38,39)/t25-,33+/m1/s1. The average molecular weight is 588 g/mol. The van der Waals surface area contributed by atoms with Crippen LogP contribution in [0.4, 0.5) is 0 Å². The number of thioether (sulfide) groups is 1. The summed E-state index contributed by atoms with van der Waals surface area (Å²) in [6.07, 6.45) is 6.98. The Balaban J connectivity index is 1.56. The van der Waals surface area contributed by atoms with E-state index in [9.17, 15) is 15.0 Å². The van der Waals surface area contributed by atoms with E-state index in [0.717, 1.165) is 40.6 Å². The van der Waals surface area contributed by atoms with Gasteiger partial charge in [0.15, 0.2) is 0 Å². The first kappa shape index (κ1) is 30.8. The molecule has 0 unspecified atom stereocenters. The first-order valence-corrected chi connectivity index (χ1v) is 15.5. The molecule has 6 heteroatoms. The summed E-state index contributed by atoms with van der Waals surface area (Å²) in [5.41, 5.74) is 5.55. The second-order valence-corrected chi connectivity index (χ2v) is 12.8. The van der Waals surface area contributed by atoms with Gasteiger partial charge in [-0.25, -0.2) is 4.98 Å². The van der Waals surface area contributed by atoms with Gasteiger partial charge in [-0.1, -0.05) is 85.3 Å². The number of hydrogen-bond donors (Lipinski definition) is 2. The number of hydrogen-bond acceptors (Lipinski definition) is 4. The number of aryl methyl sites for hydroxylation is 1. The van der Waals surface area contributed by atoms with Gasteiger partial charge in [0.25, 0.3) is 0 Å². The molecular weight excluding hydrogens is 550 g/mol. The largest absolute Gasteiger partial charge is 0.481 e. The predicted molar refractivity (Wildman–Crippen MR) is 174 cm³/mol. The van der Waals surface area contributed by atoms with Crippen molar-refractivity contribution >= 4 is 52.4 Å². The molecule has 2 N–H and O–H groups in total. The molecule has 4 aromatic rings. The van der Waals surface area contributed by atoms with Crippen molar-refractivity contribution in [3.8, 4) is 0 Å². The van der Waals surface area contributed by atoms with Crippen LogP contribution in [0.1, 0.15) is 66.8 Å². The number of nitrogens with zero attached hydrogens (tertiary/aromatic N) is 1. The number of aliphatic hydroxyl groups is 1. The lowest BCUT2D eigenvalue weighted by atomic mass is 9.92. The number of halogens is 1. The summed E-state index contributed by atoms with van der Waals surface area (Å²) >= 11 is 7.88. The van der Waals surface area contributed by atoms with Crippen LogP contribution in [0.3, 0.4) is 0 Å². The lowest BCUT2D eigenvalue weighted by Gasteiger charge is -2.22. The summed E-state index contributed by atoms with van der Waals surface area (Å²) in [5.74, 6) is -0.554. The lowest BCUT2D eigenvalue weighted by molar-refractivity contribution is -0.140. The van der Waals surface area contributed by atoms with Gasteiger partial charge in [-0.05, 0) is 79.6 Å². The molecule has 0 fully saturated rings. The van der Waals surface area contributed by atoms with Crippen LogP contribution in [0.2, 0.25) is 5.02 Å². The van der Waals surface area contributed by atoms with Crippen molar-refractivity contribution in [3.63, 3.8) is 0 Å². The molecule has 0 radical (unpaired) electrons. The van der Waals surface area contributed by atoms with Crippen LogP contribution in [0.15, 0.2) is 78.9 Å². The monoisotopic (exact) mass is 587 g/mol. The second kappa shape index (κ2) is 14.2. The maximum atomic E-state index is 11.8. The molecule has 0 amide bonds. The summed E-state index contributed by atoms with van der Waals surface area (Å²) in [5, 5.41) is 21.9. The number of carboxylic acids is 1. The van der Waals surface area contributed by atoms with E-state index in [1.165, 1.54) is 11.1 Å². The lowest BCUT2D eigenvalue weighted by Crippen LogP contribution is -2.22. The number of carbonyl (C=O) groups is 1. The molecular formula is C35H38ClNO3S. The highest BCUT2D eigenvalue weighted by Crippen LogP contribution is 2.36. The summed E-state index contributed by atoms with van der Waals surface area (Å²) in [7, 11) is 0. The Morgan fingerprint density at radius 3 is 2.49 bits per heavy atom. The Kier molecular flexibility index (Phi) is 10.7. The topological polar surface area (TPSA) is 70.4 Å². The first-order chi connectivity index (χ1) is 19.6. The van der Waals surface area contributed by atoms with Gasteiger partial charge in [0.05, 0.1) is 22.7 Å². The highest BCUT2D eigenvalue weighted by Gasteiger charge is 2.21. The van der Waals surface area contributed by atoms with Crippen molar-refractivity contribution in [2.75, 3.05) is 5.75 Å². The van der Waals surface area contributed by atoms with Gasteiger partial charge in [-0.3, -0.25) is 4.79 Å². The molecule has 41 heavy (non-hydrogen) atoms. The van der Waals surface area contributed by atoms with Gasteiger partial charge in [0, 0.05) is 27.8 Å². The number of fused-ring (bicyclic) bond motifs is 1. The van der Waals surface area contributed by atoms with E-state index in [-0.39, 0.29) is 11.2 Å². The van der Waals surface area contributed by atoms with Gasteiger partial charge in [-0.15, -0.1) is 0 Å². The number of carboxylic acid groups (broad SMARTS) is 1. The molecule has 3 aromatic carbocycles. The van der Waals surface area contributed by atoms with Gasteiger partial charge in [0.1, 0.15) is 0 Å². The SMILES string of the molecule is CC[C@H](CS[C@@H](CCc1ccccc1CC(C)(C)O)c1cccc(C=Cc2ccc3ccc(Cl)cc3n2)c1)C(=O)O. The molecule has 0 aliphatic carbocycles.